The van der Waals surface area contributed by atoms with Crippen LogP contribution in [0.1, 0.15) is 128 Å². The van der Waals surface area contributed by atoms with Crippen molar-refractivity contribution in [2.24, 2.45) is 0 Å². The molecule has 11 rings (SSSR count). The van der Waals surface area contributed by atoms with Gasteiger partial charge in [0.05, 0.1) is 27.5 Å². The Morgan fingerprint density at radius 3 is 0.986 bits per heavy atom. The Labute approximate surface area is 432 Å². The van der Waals surface area contributed by atoms with Crippen LogP contribution in [-0.2, 0) is 5.41 Å². The minimum absolute atomic E-state index is 0.470. The van der Waals surface area contributed by atoms with Crippen molar-refractivity contribution in [3.63, 3.8) is 0 Å². The highest BCUT2D eigenvalue weighted by molar-refractivity contribution is 8.00. The van der Waals surface area contributed by atoms with Crippen LogP contribution in [0.5, 0.6) is 0 Å². The number of thioether (sulfide) groups is 2. The Kier molecular flexibility index (Phi) is 14.8. The zero-order chi connectivity index (χ0) is 50.1. The quantitative estimate of drug-likeness (QED) is 0.135. The summed E-state index contributed by atoms with van der Waals surface area (Å²) in [6.07, 6.45) is 0. The van der Waals surface area contributed by atoms with Crippen LogP contribution in [0.25, 0.3) is 66.1 Å². The molecular formula is C67H72N2S2. The van der Waals surface area contributed by atoms with Crippen molar-refractivity contribution in [2.75, 3.05) is 0 Å². The van der Waals surface area contributed by atoms with Gasteiger partial charge < -0.3 is 9.13 Å². The Morgan fingerprint density at radius 1 is 0.324 bits per heavy atom. The molecule has 362 valence electrons. The number of hydrogen-bond donors (Lipinski definition) is 0. The molecule has 10 aromatic rings. The van der Waals surface area contributed by atoms with Crippen molar-refractivity contribution < 1.29 is 0 Å². The van der Waals surface area contributed by atoms with Crippen molar-refractivity contribution >= 4 is 67.1 Å². The minimum Gasteiger partial charge on any atom is -0.309 e. The van der Waals surface area contributed by atoms with Crippen molar-refractivity contribution in [3.05, 3.63) is 215 Å². The van der Waals surface area contributed by atoms with Crippen LogP contribution in [0.15, 0.2) is 182 Å². The molecule has 2 nitrogen and oxygen atoms in total. The topological polar surface area (TPSA) is 9.86 Å². The van der Waals surface area contributed by atoms with Crippen LogP contribution in [0, 0.1) is 0 Å². The van der Waals surface area contributed by atoms with Crippen LogP contribution in [-0.4, -0.2) is 30.1 Å². The fourth-order valence-electron chi connectivity index (χ4n) is 11.1. The summed E-state index contributed by atoms with van der Waals surface area (Å²) in [6, 6.07) is 68.6. The van der Waals surface area contributed by atoms with Crippen LogP contribution in [0.3, 0.4) is 0 Å². The highest BCUT2D eigenvalue weighted by Crippen LogP contribution is 2.56. The molecule has 0 spiro atoms. The molecule has 2 heterocycles. The second kappa shape index (κ2) is 21.0. The molecule has 0 amide bonds. The second-order valence-corrected chi connectivity index (χ2v) is 25.3. The Bertz CT molecular complexity index is 3190. The molecule has 0 aliphatic heterocycles. The van der Waals surface area contributed by atoms with E-state index in [1.165, 1.54) is 99.5 Å². The average molecular weight is 969 g/mol. The van der Waals surface area contributed by atoms with Gasteiger partial charge in [-0.15, -0.1) is 0 Å². The van der Waals surface area contributed by atoms with E-state index in [0.717, 1.165) is 21.0 Å². The predicted molar refractivity (Wildman–Crippen MR) is 316 cm³/mol. The fourth-order valence-corrected chi connectivity index (χ4v) is 13.3. The van der Waals surface area contributed by atoms with E-state index in [2.05, 4.69) is 274 Å². The summed E-state index contributed by atoms with van der Waals surface area (Å²) >= 11 is 4.02. The van der Waals surface area contributed by atoms with Gasteiger partial charge in [0.15, 0.2) is 0 Å². The van der Waals surface area contributed by atoms with Crippen molar-refractivity contribution in [3.8, 4) is 22.5 Å². The van der Waals surface area contributed by atoms with Gasteiger partial charge in [-0.1, -0.05) is 204 Å². The Balaban J connectivity index is 0.000000393. The molecule has 0 atom stereocenters. The van der Waals surface area contributed by atoms with E-state index in [-0.39, 0.29) is 0 Å². The molecule has 1 aliphatic rings. The monoisotopic (exact) mass is 969 g/mol. The van der Waals surface area contributed by atoms with E-state index in [9.17, 15) is 0 Å². The number of fused-ring (bicyclic) bond motifs is 9. The molecular weight excluding hydrogens is 897 g/mol. The lowest BCUT2D eigenvalue weighted by atomic mass is 9.67. The Hall–Kier alpha value is -5.94. The lowest BCUT2D eigenvalue weighted by Crippen LogP contribution is -2.28. The van der Waals surface area contributed by atoms with Crippen molar-refractivity contribution in [2.45, 2.75) is 121 Å². The molecule has 0 N–H and O–H groups in total. The molecule has 0 saturated heterocycles. The summed E-state index contributed by atoms with van der Waals surface area (Å²) in [7, 11) is 0. The zero-order valence-electron chi connectivity index (χ0n) is 44.0. The maximum absolute atomic E-state index is 2.44. The third kappa shape index (κ3) is 9.63. The van der Waals surface area contributed by atoms with E-state index < -0.39 is 5.41 Å². The van der Waals surface area contributed by atoms with Gasteiger partial charge in [0.2, 0.25) is 0 Å². The van der Waals surface area contributed by atoms with Crippen LogP contribution in [0.2, 0.25) is 0 Å². The SMILES string of the molecule is CC(C)SC(C)C.CC(C)SC(C)C.CC(C)c1ccc2c(c1)c1ccccc1n2-c1ccc(C2(c3ccc(-n4c5ccccc5c5cc(C(C)C)ccc54)cc3)c3ccccc3-c3ccccc32)cc1. The fraction of sp³-hybridized carbons (Fsp3) is 0.284. The molecule has 4 heteroatoms. The first-order valence-electron chi connectivity index (χ1n) is 26.0. The zero-order valence-corrected chi connectivity index (χ0v) is 45.6. The molecule has 8 aromatic carbocycles. The molecule has 1 aliphatic carbocycles. The Morgan fingerprint density at radius 2 is 0.648 bits per heavy atom. The van der Waals surface area contributed by atoms with Crippen molar-refractivity contribution in [1.29, 1.82) is 0 Å². The van der Waals surface area contributed by atoms with Gasteiger partial charge in [-0.2, -0.15) is 23.5 Å². The normalized spacial score (nSPS) is 12.9. The molecule has 71 heavy (non-hydrogen) atoms. The third-order valence-corrected chi connectivity index (χ3v) is 16.1. The second-order valence-electron chi connectivity index (χ2n) is 21.0. The number of hydrogen-bond acceptors (Lipinski definition) is 2. The van der Waals surface area contributed by atoms with Crippen LogP contribution >= 0.6 is 23.5 Å². The molecule has 0 bridgehead atoms. The van der Waals surface area contributed by atoms with E-state index >= 15 is 0 Å². The highest BCUT2D eigenvalue weighted by Gasteiger charge is 2.46. The maximum Gasteiger partial charge on any atom is 0.0713 e. The number of aromatic nitrogens is 2. The van der Waals surface area contributed by atoms with E-state index in [1.54, 1.807) is 0 Å². The van der Waals surface area contributed by atoms with Gasteiger partial charge in [-0.25, -0.2) is 0 Å². The summed E-state index contributed by atoms with van der Waals surface area (Å²) in [5.41, 5.74) is 17.3. The van der Waals surface area contributed by atoms with Gasteiger partial charge in [-0.3, -0.25) is 0 Å². The minimum atomic E-state index is -0.496. The maximum atomic E-state index is 2.44. The molecule has 0 saturated carbocycles. The largest absolute Gasteiger partial charge is 0.309 e. The van der Waals surface area contributed by atoms with Gasteiger partial charge in [0.1, 0.15) is 0 Å². The number of nitrogens with zero attached hydrogens (tertiary/aromatic N) is 2. The standard InChI is InChI=1S/C55H44N2.2C6H14S/c1-35(2)37-21-31-53-47(33-37)45-15-7-11-19-51(45)56(53)41-27-23-39(24-28-41)55(49-17-9-5-13-43(49)44-14-6-10-18-50(44)55)40-25-29-42(30-26-40)57-52-20-12-8-16-46(52)48-34-38(36(3)4)22-32-54(48)57;2*1-5(2)7-6(3)4/h5-36H,1-4H3;2*5-6H,1-4H3. The van der Waals surface area contributed by atoms with Gasteiger partial charge in [0, 0.05) is 32.9 Å². The van der Waals surface area contributed by atoms with Gasteiger partial charge >= 0.3 is 0 Å². The van der Waals surface area contributed by atoms with E-state index in [4.69, 9.17) is 0 Å². The third-order valence-electron chi connectivity index (χ3n) is 13.9. The number of rotatable bonds is 10. The van der Waals surface area contributed by atoms with Crippen LogP contribution < -0.4 is 0 Å². The van der Waals surface area contributed by atoms with E-state index in [1.807, 2.05) is 23.5 Å². The summed E-state index contributed by atoms with van der Waals surface area (Å²) in [5, 5.41) is 8.36. The smallest absolute Gasteiger partial charge is 0.0713 e. The van der Waals surface area contributed by atoms with Crippen LogP contribution in [0.4, 0.5) is 0 Å². The van der Waals surface area contributed by atoms with Gasteiger partial charge in [-0.05, 0) is 138 Å². The first-order valence-corrected chi connectivity index (χ1v) is 27.9. The summed E-state index contributed by atoms with van der Waals surface area (Å²) in [4.78, 5) is 0. The summed E-state index contributed by atoms with van der Waals surface area (Å²) in [5.74, 6) is 0.941. The van der Waals surface area contributed by atoms with Gasteiger partial charge in [0.25, 0.3) is 0 Å². The lowest BCUT2D eigenvalue weighted by molar-refractivity contribution is 0.767. The first-order chi connectivity index (χ1) is 34.2. The number of benzene rings is 8. The predicted octanol–water partition coefficient (Wildman–Crippen LogP) is 19.6. The molecule has 0 unspecified atom stereocenters. The molecule has 0 fully saturated rings. The highest BCUT2D eigenvalue weighted by atomic mass is 32.2. The molecule has 0 radical (unpaired) electrons. The summed E-state index contributed by atoms with van der Waals surface area (Å²) in [6.45, 7) is 26.9. The lowest BCUT2D eigenvalue weighted by Gasteiger charge is -2.34. The molecule has 2 aromatic heterocycles. The van der Waals surface area contributed by atoms with Crippen molar-refractivity contribution in [1.82, 2.24) is 9.13 Å². The average Bonchev–Trinajstić information content (AvgIpc) is 3.97. The van der Waals surface area contributed by atoms with E-state index in [0.29, 0.717) is 11.8 Å². The number of para-hydroxylation sites is 2. The summed E-state index contributed by atoms with van der Waals surface area (Å²) < 4.78 is 4.87. The first kappa shape index (κ1) is 50.0.